The van der Waals surface area contributed by atoms with Gasteiger partial charge in [0, 0.05) is 17.1 Å². The minimum absolute atomic E-state index is 0.229. The molecule has 0 aliphatic carbocycles. The fourth-order valence-electron chi connectivity index (χ4n) is 2.29. The van der Waals surface area contributed by atoms with Crippen LogP contribution in [0.4, 0.5) is 5.69 Å². The van der Waals surface area contributed by atoms with Crippen molar-refractivity contribution in [1.29, 1.82) is 0 Å². The molecule has 5 nitrogen and oxygen atoms in total. The molecule has 2 aromatic rings. The topological polar surface area (TPSA) is 66.5 Å². The predicted octanol–water partition coefficient (Wildman–Crippen LogP) is 3.58. The van der Waals surface area contributed by atoms with E-state index in [4.69, 9.17) is 11.6 Å². The standard InChI is InChI=1S/C16H10BrClN2O3/c1-20-15(22)10-4-2-8(6-11(10)16(20)23)14(21)19-13-5-3-9(17)7-12(13)18/h2-7H,1H3,(H,19,21). The molecule has 7 heteroatoms. The monoisotopic (exact) mass is 392 g/mol. The highest BCUT2D eigenvalue weighted by molar-refractivity contribution is 9.10. The van der Waals surface area contributed by atoms with Crippen molar-refractivity contribution in [1.82, 2.24) is 4.90 Å². The molecule has 0 fully saturated rings. The summed E-state index contributed by atoms with van der Waals surface area (Å²) < 4.78 is 0.796. The number of benzene rings is 2. The van der Waals surface area contributed by atoms with E-state index in [1.807, 2.05) is 0 Å². The number of hydrogen-bond acceptors (Lipinski definition) is 3. The minimum Gasteiger partial charge on any atom is -0.321 e. The molecule has 0 atom stereocenters. The zero-order valence-electron chi connectivity index (χ0n) is 11.9. The lowest BCUT2D eigenvalue weighted by molar-refractivity contribution is 0.0693. The third-order valence-corrected chi connectivity index (χ3v) is 4.34. The Kier molecular flexibility index (Phi) is 3.95. The molecule has 0 saturated heterocycles. The number of hydrogen-bond donors (Lipinski definition) is 1. The van der Waals surface area contributed by atoms with Gasteiger partial charge in [0.05, 0.1) is 21.8 Å². The van der Waals surface area contributed by atoms with Crippen LogP contribution in [-0.4, -0.2) is 29.7 Å². The van der Waals surface area contributed by atoms with Crippen molar-refractivity contribution in [3.63, 3.8) is 0 Å². The smallest absolute Gasteiger partial charge is 0.261 e. The van der Waals surface area contributed by atoms with E-state index >= 15 is 0 Å². The van der Waals surface area contributed by atoms with Gasteiger partial charge >= 0.3 is 0 Å². The number of anilines is 1. The van der Waals surface area contributed by atoms with Crippen LogP contribution in [0, 0.1) is 0 Å². The average molecular weight is 394 g/mol. The average Bonchev–Trinajstić information content (AvgIpc) is 2.74. The molecule has 0 spiro atoms. The van der Waals surface area contributed by atoms with Crippen LogP contribution in [0.2, 0.25) is 5.02 Å². The first-order valence-electron chi connectivity index (χ1n) is 6.61. The number of imide groups is 1. The molecule has 3 rings (SSSR count). The molecule has 2 aromatic carbocycles. The molecular weight excluding hydrogens is 384 g/mol. The Balaban J connectivity index is 1.90. The fourth-order valence-corrected chi connectivity index (χ4v) is 3.01. The molecule has 1 aliphatic heterocycles. The van der Waals surface area contributed by atoms with Crippen molar-refractivity contribution >= 4 is 50.9 Å². The maximum atomic E-state index is 12.3. The Morgan fingerprint density at radius 1 is 1.09 bits per heavy atom. The van der Waals surface area contributed by atoms with Crippen LogP contribution >= 0.6 is 27.5 Å². The van der Waals surface area contributed by atoms with Crippen molar-refractivity contribution in [3.8, 4) is 0 Å². The quantitative estimate of drug-likeness (QED) is 0.793. The first kappa shape index (κ1) is 15.7. The molecule has 1 aliphatic rings. The van der Waals surface area contributed by atoms with E-state index in [2.05, 4.69) is 21.2 Å². The summed E-state index contributed by atoms with van der Waals surface area (Å²) in [6.07, 6.45) is 0. The van der Waals surface area contributed by atoms with Crippen LogP contribution < -0.4 is 5.32 Å². The molecule has 116 valence electrons. The molecule has 3 amide bonds. The lowest BCUT2D eigenvalue weighted by Crippen LogP contribution is -2.24. The molecule has 0 radical (unpaired) electrons. The summed E-state index contributed by atoms with van der Waals surface area (Å²) in [5.74, 6) is -1.19. The van der Waals surface area contributed by atoms with E-state index in [0.717, 1.165) is 9.37 Å². The number of fused-ring (bicyclic) bond motifs is 1. The molecular formula is C16H10BrClN2O3. The predicted molar refractivity (Wildman–Crippen MR) is 90.0 cm³/mol. The van der Waals surface area contributed by atoms with E-state index in [-0.39, 0.29) is 17.0 Å². The van der Waals surface area contributed by atoms with E-state index in [1.165, 1.54) is 25.2 Å². The lowest BCUT2D eigenvalue weighted by Gasteiger charge is -2.08. The third-order valence-electron chi connectivity index (χ3n) is 3.53. The van der Waals surface area contributed by atoms with Gasteiger partial charge in [-0.25, -0.2) is 0 Å². The summed E-state index contributed by atoms with van der Waals surface area (Å²) in [5, 5.41) is 3.07. The van der Waals surface area contributed by atoms with Crippen molar-refractivity contribution in [3.05, 3.63) is 62.6 Å². The van der Waals surface area contributed by atoms with Gasteiger partial charge < -0.3 is 5.32 Å². The summed E-state index contributed by atoms with van der Waals surface area (Å²) in [7, 11) is 1.41. The fraction of sp³-hybridized carbons (Fsp3) is 0.0625. The van der Waals surface area contributed by atoms with Crippen LogP contribution in [0.5, 0.6) is 0 Å². The number of nitrogens with zero attached hydrogens (tertiary/aromatic N) is 1. The Hall–Kier alpha value is -2.18. The number of rotatable bonds is 2. The first-order valence-corrected chi connectivity index (χ1v) is 7.78. The molecule has 0 bridgehead atoms. The van der Waals surface area contributed by atoms with Gasteiger partial charge in [0.2, 0.25) is 0 Å². The molecule has 0 aromatic heterocycles. The Morgan fingerprint density at radius 2 is 1.78 bits per heavy atom. The van der Waals surface area contributed by atoms with Crippen LogP contribution in [0.25, 0.3) is 0 Å². The van der Waals surface area contributed by atoms with Gasteiger partial charge in [0.25, 0.3) is 17.7 Å². The number of halogens is 2. The zero-order valence-corrected chi connectivity index (χ0v) is 14.2. The van der Waals surface area contributed by atoms with Gasteiger partial charge in [-0.3, -0.25) is 19.3 Å². The highest BCUT2D eigenvalue weighted by Crippen LogP contribution is 2.27. The Labute approximate surface area is 145 Å². The molecule has 1 N–H and O–H groups in total. The molecule has 23 heavy (non-hydrogen) atoms. The second kappa shape index (κ2) is 5.79. The second-order valence-electron chi connectivity index (χ2n) is 5.01. The van der Waals surface area contributed by atoms with Crippen LogP contribution in [0.1, 0.15) is 31.1 Å². The van der Waals surface area contributed by atoms with Crippen LogP contribution in [0.3, 0.4) is 0 Å². The highest BCUT2D eigenvalue weighted by Gasteiger charge is 2.33. The van der Waals surface area contributed by atoms with Crippen molar-refractivity contribution < 1.29 is 14.4 Å². The second-order valence-corrected chi connectivity index (χ2v) is 6.33. The van der Waals surface area contributed by atoms with Gasteiger partial charge in [0.1, 0.15) is 0 Å². The SMILES string of the molecule is CN1C(=O)c2ccc(C(=O)Nc3ccc(Br)cc3Cl)cc2C1=O. The van der Waals surface area contributed by atoms with Crippen LogP contribution in [-0.2, 0) is 0 Å². The number of nitrogens with one attached hydrogen (secondary N) is 1. The van der Waals surface area contributed by atoms with Crippen LogP contribution in [0.15, 0.2) is 40.9 Å². The molecule has 0 saturated carbocycles. The minimum atomic E-state index is -0.415. The van der Waals surface area contributed by atoms with Gasteiger partial charge in [0.15, 0.2) is 0 Å². The summed E-state index contributed by atoms with van der Waals surface area (Å²) in [5.41, 5.74) is 1.27. The van der Waals surface area contributed by atoms with Gasteiger partial charge in [-0.15, -0.1) is 0 Å². The maximum absolute atomic E-state index is 12.3. The van der Waals surface area contributed by atoms with E-state index < -0.39 is 11.8 Å². The summed E-state index contributed by atoms with van der Waals surface area (Å²) in [6.45, 7) is 0. The van der Waals surface area contributed by atoms with Crippen molar-refractivity contribution in [2.45, 2.75) is 0 Å². The van der Waals surface area contributed by atoms with Gasteiger partial charge in [-0.1, -0.05) is 27.5 Å². The van der Waals surface area contributed by atoms with Gasteiger partial charge in [-0.05, 0) is 36.4 Å². The number of carbonyl (C=O) groups is 3. The first-order chi connectivity index (χ1) is 10.9. The summed E-state index contributed by atoms with van der Waals surface area (Å²) in [4.78, 5) is 37.2. The summed E-state index contributed by atoms with van der Waals surface area (Å²) in [6, 6.07) is 9.49. The molecule has 0 unspecified atom stereocenters. The number of carbonyl (C=O) groups excluding carboxylic acids is 3. The van der Waals surface area contributed by atoms with E-state index in [9.17, 15) is 14.4 Å². The highest BCUT2D eigenvalue weighted by atomic mass is 79.9. The van der Waals surface area contributed by atoms with Crippen molar-refractivity contribution in [2.24, 2.45) is 0 Å². The maximum Gasteiger partial charge on any atom is 0.261 e. The largest absolute Gasteiger partial charge is 0.321 e. The Bertz CT molecular complexity index is 866. The molecule has 1 heterocycles. The zero-order chi connectivity index (χ0) is 16.7. The number of amides is 3. The summed E-state index contributed by atoms with van der Waals surface area (Å²) >= 11 is 9.35. The third kappa shape index (κ3) is 2.75. The Morgan fingerprint density at radius 3 is 2.48 bits per heavy atom. The normalized spacial score (nSPS) is 13.3. The van der Waals surface area contributed by atoms with Crippen molar-refractivity contribution in [2.75, 3.05) is 12.4 Å². The van der Waals surface area contributed by atoms with Gasteiger partial charge in [-0.2, -0.15) is 0 Å². The van der Waals surface area contributed by atoms with E-state index in [0.29, 0.717) is 16.3 Å². The lowest BCUT2D eigenvalue weighted by atomic mass is 10.1. The van der Waals surface area contributed by atoms with E-state index in [1.54, 1.807) is 18.2 Å².